The Morgan fingerprint density at radius 1 is 0.824 bits per heavy atom. The predicted molar refractivity (Wildman–Crippen MR) is 66.2 cm³/mol. The van der Waals surface area contributed by atoms with E-state index in [0.717, 1.165) is 11.1 Å². The van der Waals surface area contributed by atoms with Crippen molar-refractivity contribution in [3.63, 3.8) is 0 Å². The molecule has 2 heteroatoms. The number of carbonyl (C=O) groups excluding carboxylic acids is 1. The molecule has 0 aliphatic carbocycles. The molecule has 0 saturated carbocycles. The zero-order valence-electron chi connectivity index (χ0n) is 9.14. The summed E-state index contributed by atoms with van der Waals surface area (Å²) in [7, 11) is 0. The number of hydrogen-bond donors (Lipinski definition) is 0. The van der Waals surface area contributed by atoms with Crippen molar-refractivity contribution in [1.29, 1.82) is 0 Å². The molecule has 0 aromatic heterocycles. The Morgan fingerprint density at radius 3 is 1.94 bits per heavy atom. The van der Waals surface area contributed by atoms with Crippen LogP contribution in [0, 0.1) is 0 Å². The first-order valence-corrected chi connectivity index (χ1v) is 5.19. The normalized spacial score (nSPS) is 9.88. The fourth-order valence-electron chi connectivity index (χ4n) is 1.43. The summed E-state index contributed by atoms with van der Waals surface area (Å²) in [5.74, 6) is 0.0319. The molecular weight excluding hydrogens is 393 g/mol. The molecular formula is C15H12AuO. The van der Waals surface area contributed by atoms with Crippen molar-refractivity contribution in [3.05, 3.63) is 77.9 Å². The molecule has 0 unspecified atom stereocenters. The number of allylic oxidation sites excluding steroid dienone is 1. The van der Waals surface area contributed by atoms with Gasteiger partial charge in [-0.15, -0.1) is 0 Å². The molecule has 0 aliphatic rings. The predicted octanol–water partition coefficient (Wildman–Crippen LogP) is 3.58. The summed E-state index contributed by atoms with van der Waals surface area (Å²) in [5.41, 5.74) is 1.75. The molecule has 0 N–H and O–H groups in total. The van der Waals surface area contributed by atoms with Gasteiger partial charge in [0.15, 0.2) is 5.78 Å². The molecule has 0 bridgehead atoms. The molecule has 0 amide bonds. The van der Waals surface area contributed by atoms with E-state index in [0.29, 0.717) is 0 Å². The second kappa shape index (κ2) is 7.02. The third kappa shape index (κ3) is 4.16. The molecule has 2 aromatic rings. The Hall–Kier alpha value is -1.41. The van der Waals surface area contributed by atoms with Crippen LogP contribution in [0.15, 0.2) is 66.7 Å². The van der Waals surface area contributed by atoms with E-state index in [2.05, 4.69) is 0 Å². The number of ketones is 1. The minimum absolute atomic E-state index is 0. The number of benzene rings is 2. The van der Waals surface area contributed by atoms with Gasteiger partial charge in [0.2, 0.25) is 0 Å². The first kappa shape index (κ1) is 13.7. The van der Waals surface area contributed by atoms with Gasteiger partial charge in [-0.2, -0.15) is 0 Å². The summed E-state index contributed by atoms with van der Waals surface area (Å²) in [4.78, 5) is 11.7. The van der Waals surface area contributed by atoms with Crippen LogP contribution in [-0.2, 0) is 22.4 Å². The van der Waals surface area contributed by atoms with E-state index in [1.165, 1.54) is 0 Å². The minimum Gasteiger partial charge on any atom is -0.289 e. The van der Waals surface area contributed by atoms with Crippen LogP contribution in [0.3, 0.4) is 0 Å². The van der Waals surface area contributed by atoms with E-state index in [1.54, 1.807) is 6.08 Å². The maximum absolute atomic E-state index is 11.7. The van der Waals surface area contributed by atoms with Crippen molar-refractivity contribution in [2.45, 2.75) is 0 Å². The van der Waals surface area contributed by atoms with E-state index >= 15 is 0 Å². The van der Waals surface area contributed by atoms with Gasteiger partial charge < -0.3 is 0 Å². The second-order valence-corrected chi connectivity index (χ2v) is 3.47. The largest absolute Gasteiger partial charge is 0.289 e. The summed E-state index contributed by atoms with van der Waals surface area (Å²) < 4.78 is 0. The molecule has 0 spiro atoms. The van der Waals surface area contributed by atoms with Crippen LogP contribution >= 0.6 is 0 Å². The minimum atomic E-state index is 0. The van der Waals surface area contributed by atoms with Crippen molar-refractivity contribution in [3.8, 4) is 0 Å². The maximum Gasteiger partial charge on any atom is 0.185 e. The van der Waals surface area contributed by atoms with E-state index in [4.69, 9.17) is 0 Å². The zero-order valence-corrected chi connectivity index (χ0v) is 11.3. The maximum atomic E-state index is 11.7. The quantitative estimate of drug-likeness (QED) is 0.434. The van der Waals surface area contributed by atoms with E-state index in [1.807, 2.05) is 66.7 Å². The molecule has 2 aromatic carbocycles. The van der Waals surface area contributed by atoms with Gasteiger partial charge in [-0.05, 0) is 11.6 Å². The molecule has 0 atom stereocenters. The summed E-state index contributed by atoms with van der Waals surface area (Å²) in [5, 5.41) is 0. The topological polar surface area (TPSA) is 17.1 Å². The molecule has 0 fully saturated rings. The van der Waals surface area contributed by atoms with Gasteiger partial charge in [-0.3, -0.25) is 4.79 Å². The number of hydrogen-bond acceptors (Lipinski definition) is 1. The van der Waals surface area contributed by atoms with Gasteiger partial charge in [0.05, 0.1) is 0 Å². The van der Waals surface area contributed by atoms with Gasteiger partial charge in [-0.1, -0.05) is 66.7 Å². The first-order valence-electron chi connectivity index (χ1n) is 5.19. The summed E-state index contributed by atoms with van der Waals surface area (Å²) in [6.45, 7) is 0. The van der Waals surface area contributed by atoms with Crippen molar-refractivity contribution in [2.24, 2.45) is 0 Å². The monoisotopic (exact) mass is 405 g/mol. The first-order chi connectivity index (χ1) is 7.86. The molecule has 89 valence electrons. The summed E-state index contributed by atoms with van der Waals surface area (Å²) in [6, 6.07) is 19.1. The molecule has 0 heterocycles. The van der Waals surface area contributed by atoms with Gasteiger partial charge >= 0.3 is 0 Å². The summed E-state index contributed by atoms with van der Waals surface area (Å²) in [6.07, 6.45) is 3.43. The van der Waals surface area contributed by atoms with E-state index in [-0.39, 0.29) is 28.2 Å². The van der Waals surface area contributed by atoms with Crippen LogP contribution in [-0.4, -0.2) is 5.78 Å². The van der Waals surface area contributed by atoms with Crippen LogP contribution in [0.1, 0.15) is 15.9 Å². The van der Waals surface area contributed by atoms with Crippen molar-refractivity contribution < 1.29 is 27.2 Å². The zero-order chi connectivity index (χ0) is 11.2. The second-order valence-electron chi connectivity index (χ2n) is 3.47. The Morgan fingerprint density at radius 2 is 1.35 bits per heavy atom. The average molecular weight is 405 g/mol. The smallest absolute Gasteiger partial charge is 0.185 e. The Labute approximate surface area is 117 Å². The number of rotatable bonds is 3. The number of carbonyl (C=O) groups is 1. The molecule has 0 saturated heterocycles. The van der Waals surface area contributed by atoms with Gasteiger partial charge in [0, 0.05) is 27.9 Å². The van der Waals surface area contributed by atoms with Gasteiger partial charge in [0.1, 0.15) is 0 Å². The standard InChI is InChI=1S/C15H12O.Au/c16-15(14-9-5-2-6-10-14)12-11-13-7-3-1-4-8-13;/h1-12H;. The van der Waals surface area contributed by atoms with Crippen molar-refractivity contribution in [2.75, 3.05) is 0 Å². The molecule has 1 nitrogen and oxygen atoms in total. The SMILES string of the molecule is O=C(C=Cc1ccccc1)c1ccccc1.[Au]. The van der Waals surface area contributed by atoms with Crippen molar-refractivity contribution >= 4 is 11.9 Å². The molecule has 0 aliphatic heterocycles. The Bertz CT molecular complexity index is 489. The van der Waals surface area contributed by atoms with E-state index in [9.17, 15) is 4.79 Å². The Balaban J connectivity index is 0.00000144. The van der Waals surface area contributed by atoms with Crippen LogP contribution in [0.25, 0.3) is 6.08 Å². The molecule has 2 rings (SSSR count). The third-order valence-electron chi connectivity index (χ3n) is 2.29. The third-order valence-corrected chi connectivity index (χ3v) is 2.29. The average Bonchev–Trinajstić information content (AvgIpc) is 2.38. The van der Waals surface area contributed by atoms with E-state index < -0.39 is 0 Å². The molecule has 17 heavy (non-hydrogen) atoms. The van der Waals surface area contributed by atoms with Gasteiger partial charge in [0.25, 0.3) is 0 Å². The molecule has 1 radical (unpaired) electrons. The fraction of sp³-hybridized carbons (Fsp3) is 0. The Kier molecular flexibility index (Phi) is 5.64. The summed E-state index contributed by atoms with van der Waals surface area (Å²) >= 11 is 0. The fourth-order valence-corrected chi connectivity index (χ4v) is 1.43. The van der Waals surface area contributed by atoms with Crippen LogP contribution in [0.4, 0.5) is 0 Å². The van der Waals surface area contributed by atoms with Crippen LogP contribution < -0.4 is 0 Å². The van der Waals surface area contributed by atoms with Crippen LogP contribution in [0.2, 0.25) is 0 Å². The van der Waals surface area contributed by atoms with Crippen molar-refractivity contribution in [1.82, 2.24) is 0 Å². The van der Waals surface area contributed by atoms with Crippen LogP contribution in [0.5, 0.6) is 0 Å². The van der Waals surface area contributed by atoms with Gasteiger partial charge in [-0.25, -0.2) is 0 Å².